The van der Waals surface area contributed by atoms with Crippen molar-refractivity contribution in [1.82, 2.24) is 4.90 Å². The van der Waals surface area contributed by atoms with Crippen LogP contribution in [0.25, 0.3) is 0 Å². The molecule has 1 aromatic carbocycles. The third-order valence-electron chi connectivity index (χ3n) is 3.00. The summed E-state index contributed by atoms with van der Waals surface area (Å²) in [6.07, 6.45) is 0. The molecule has 0 heterocycles. The second-order valence-corrected chi connectivity index (χ2v) is 4.84. The van der Waals surface area contributed by atoms with Crippen LogP contribution in [0.15, 0.2) is 24.3 Å². The number of rotatable bonds is 5. The van der Waals surface area contributed by atoms with E-state index in [4.69, 9.17) is 16.7 Å². The highest BCUT2D eigenvalue weighted by molar-refractivity contribution is 6.30. The summed E-state index contributed by atoms with van der Waals surface area (Å²) in [5.74, 6) is -1.13. The van der Waals surface area contributed by atoms with Crippen LogP contribution in [0.2, 0.25) is 5.02 Å². The van der Waals surface area contributed by atoms with Gasteiger partial charge in [-0.1, -0.05) is 30.7 Å². The van der Waals surface area contributed by atoms with Crippen molar-refractivity contribution < 1.29 is 9.90 Å². The Balaban J connectivity index is 2.66. The maximum Gasteiger partial charge on any atom is 0.307 e. The Morgan fingerprint density at radius 3 is 2.35 bits per heavy atom. The van der Waals surface area contributed by atoms with Crippen molar-refractivity contribution in [2.75, 3.05) is 13.6 Å². The van der Waals surface area contributed by atoms with Gasteiger partial charge in [-0.2, -0.15) is 0 Å². The monoisotopic (exact) mass is 255 g/mol. The van der Waals surface area contributed by atoms with Crippen molar-refractivity contribution in [2.24, 2.45) is 5.92 Å². The Bertz CT molecular complexity index is 378. The second kappa shape index (κ2) is 6.03. The SMILES string of the molecule is CC(CN(C)C(C)c1ccc(Cl)cc1)C(=O)O. The molecule has 2 atom stereocenters. The van der Waals surface area contributed by atoms with Crippen molar-refractivity contribution in [2.45, 2.75) is 19.9 Å². The number of benzene rings is 1. The van der Waals surface area contributed by atoms with E-state index in [2.05, 4.69) is 6.92 Å². The molecule has 0 aromatic heterocycles. The van der Waals surface area contributed by atoms with Crippen molar-refractivity contribution in [3.63, 3.8) is 0 Å². The van der Waals surface area contributed by atoms with Crippen LogP contribution < -0.4 is 0 Å². The molecule has 2 unspecified atom stereocenters. The van der Waals surface area contributed by atoms with E-state index in [0.29, 0.717) is 11.6 Å². The van der Waals surface area contributed by atoms with Gasteiger partial charge in [0.1, 0.15) is 0 Å². The van der Waals surface area contributed by atoms with Gasteiger partial charge in [0.15, 0.2) is 0 Å². The Morgan fingerprint density at radius 1 is 1.35 bits per heavy atom. The number of hydrogen-bond donors (Lipinski definition) is 1. The number of halogens is 1. The van der Waals surface area contributed by atoms with Gasteiger partial charge in [-0.15, -0.1) is 0 Å². The van der Waals surface area contributed by atoms with Crippen LogP contribution in [0.1, 0.15) is 25.5 Å². The van der Waals surface area contributed by atoms with E-state index in [0.717, 1.165) is 5.56 Å². The van der Waals surface area contributed by atoms with E-state index >= 15 is 0 Å². The summed E-state index contributed by atoms with van der Waals surface area (Å²) in [5, 5.41) is 9.59. The third kappa shape index (κ3) is 4.02. The lowest BCUT2D eigenvalue weighted by atomic mass is 10.1. The van der Waals surface area contributed by atoms with Crippen molar-refractivity contribution in [3.05, 3.63) is 34.9 Å². The van der Waals surface area contributed by atoms with Gasteiger partial charge in [0.05, 0.1) is 5.92 Å². The summed E-state index contributed by atoms with van der Waals surface area (Å²) in [6.45, 7) is 4.30. The van der Waals surface area contributed by atoms with Crippen molar-refractivity contribution >= 4 is 17.6 Å². The standard InChI is InChI=1S/C13H18ClNO2/c1-9(13(16)17)8-15(3)10(2)11-4-6-12(14)7-5-11/h4-7,9-10H,8H2,1-3H3,(H,16,17). The van der Waals surface area contributed by atoms with Gasteiger partial charge in [0, 0.05) is 17.6 Å². The maximum absolute atomic E-state index is 10.8. The molecule has 0 spiro atoms. The highest BCUT2D eigenvalue weighted by Crippen LogP contribution is 2.21. The minimum Gasteiger partial charge on any atom is -0.481 e. The normalized spacial score (nSPS) is 14.6. The molecule has 1 aromatic rings. The van der Waals surface area contributed by atoms with Crippen molar-refractivity contribution in [3.8, 4) is 0 Å². The third-order valence-corrected chi connectivity index (χ3v) is 3.25. The summed E-state index contributed by atoms with van der Waals surface area (Å²) in [7, 11) is 1.93. The summed E-state index contributed by atoms with van der Waals surface area (Å²) >= 11 is 5.83. The first kappa shape index (κ1) is 14.0. The summed E-state index contributed by atoms with van der Waals surface area (Å²) in [4.78, 5) is 12.8. The molecule has 4 heteroatoms. The molecule has 0 saturated carbocycles. The Morgan fingerprint density at radius 2 is 1.88 bits per heavy atom. The van der Waals surface area contributed by atoms with Gasteiger partial charge in [-0.3, -0.25) is 9.69 Å². The largest absolute Gasteiger partial charge is 0.481 e. The van der Waals surface area contributed by atoms with Gasteiger partial charge in [-0.05, 0) is 31.7 Å². The number of nitrogens with zero attached hydrogens (tertiary/aromatic N) is 1. The highest BCUT2D eigenvalue weighted by Gasteiger charge is 2.18. The zero-order valence-electron chi connectivity index (χ0n) is 10.4. The van der Waals surface area contributed by atoms with Gasteiger partial charge in [-0.25, -0.2) is 0 Å². The molecule has 0 aliphatic rings. The Kier molecular flexibility index (Phi) is 4.97. The molecule has 0 saturated heterocycles. The topological polar surface area (TPSA) is 40.5 Å². The minimum atomic E-state index is -0.764. The lowest BCUT2D eigenvalue weighted by Gasteiger charge is -2.26. The average Bonchev–Trinajstić information content (AvgIpc) is 2.28. The molecule has 17 heavy (non-hydrogen) atoms. The average molecular weight is 256 g/mol. The van der Waals surface area contributed by atoms with Crippen LogP contribution in [0.3, 0.4) is 0 Å². The Labute approximate surface area is 107 Å². The number of carboxylic acids is 1. The predicted molar refractivity (Wildman–Crippen MR) is 69.3 cm³/mol. The summed E-state index contributed by atoms with van der Waals surface area (Å²) < 4.78 is 0. The van der Waals surface area contributed by atoms with Crippen LogP contribution in [0.5, 0.6) is 0 Å². The van der Waals surface area contributed by atoms with Gasteiger partial charge >= 0.3 is 5.97 Å². The zero-order valence-corrected chi connectivity index (χ0v) is 11.1. The van der Waals surface area contributed by atoms with Crippen LogP contribution in [0, 0.1) is 5.92 Å². The van der Waals surface area contributed by atoms with E-state index in [-0.39, 0.29) is 12.0 Å². The molecule has 0 amide bonds. The zero-order chi connectivity index (χ0) is 13.0. The van der Waals surface area contributed by atoms with Crippen LogP contribution in [-0.4, -0.2) is 29.6 Å². The molecule has 3 nitrogen and oxygen atoms in total. The second-order valence-electron chi connectivity index (χ2n) is 4.41. The molecule has 0 aliphatic heterocycles. The molecule has 0 bridgehead atoms. The van der Waals surface area contributed by atoms with Crippen molar-refractivity contribution in [1.29, 1.82) is 0 Å². The lowest BCUT2D eigenvalue weighted by Crippen LogP contribution is -2.30. The fourth-order valence-corrected chi connectivity index (χ4v) is 1.79. The number of hydrogen-bond acceptors (Lipinski definition) is 2. The van der Waals surface area contributed by atoms with Crippen LogP contribution in [-0.2, 0) is 4.79 Å². The molecule has 94 valence electrons. The fourth-order valence-electron chi connectivity index (χ4n) is 1.66. The maximum atomic E-state index is 10.8. The lowest BCUT2D eigenvalue weighted by molar-refractivity contribution is -0.141. The molecule has 1 rings (SSSR count). The predicted octanol–water partition coefficient (Wildman–Crippen LogP) is 3.05. The first-order chi connectivity index (χ1) is 7.91. The van der Waals surface area contributed by atoms with Crippen LogP contribution in [0.4, 0.5) is 0 Å². The van der Waals surface area contributed by atoms with Gasteiger partial charge in [0.2, 0.25) is 0 Å². The molecule has 0 fully saturated rings. The molecular weight excluding hydrogens is 238 g/mol. The smallest absolute Gasteiger partial charge is 0.307 e. The number of carbonyl (C=O) groups is 1. The van der Waals surface area contributed by atoms with E-state index in [1.807, 2.05) is 36.2 Å². The van der Waals surface area contributed by atoms with E-state index in [1.54, 1.807) is 6.92 Å². The molecule has 1 N–H and O–H groups in total. The van der Waals surface area contributed by atoms with Crippen LogP contribution >= 0.6 is 11.6 Å². The molecule has 0 radical (unpaired) electrons. The van der Waals surface area contributed by atoms with E-state index < -0.39 is 5.97 Å². The fraction of sp³-hybridized carbons (Fsp3) is 0.462. The van der Waals surface area contributed by atoms with Gasteiger partial charge < -0.3 is 5.11 Å². The van der Waals surface area contributed by atoms with E-state index in [9.17, 15) is 4.79 Å². The van der Waals surface area contributed by atoms with E-state index in [1.165, 1.54) is 0 Å². The number of aliphatic carboxylic acids is 1. The summed E-state index contributed by atoms with van der Waals surface area (Å²) in [5.41, 5.74) is 1.13. The molecular formula is C13H18ClNO2. The summed E-state index contributed by atoms with van der Waals surface area (Å²) in [6, 6.07) is 7.81. The molecule has 0 aliphatic carbocycles. The van der Waals surface area contributed by atoms with Gasteiger partial charge in [0.25, 0.3) is 0 Å². The quantitative estimate of drug-likeness (QED) is 0.879. The minimum absolute atomic E-state index is 0.175. The first-order valence-corrected chi connectivity index (χ1v) is 5.98. The first-order valence-electron chi connectivity index (χ1n) is 5.60. The number of carboxylic acid groups (broad SMARTS) is 1. The highest BCUT2D eigenvalue weighted by atomic mass is 35.5. The Hall–Kier alpha value is -1.06.